The molecular formula is C16H25NO3. The second kappa shape index (κ2) is 7.50. The van der Waals surface area contributed by atoms with Crippen LogP contribution >= 0.6 is 0 Å². The smallest absolute Gasteiger partial charge is 0.119 e. The van der Waals surface area contributed by atoms with Crippen molar-refractivity contribution in [2.75, 3.05) is 20.3 Å². The summed E-state index contributed by atoms with van der Waals surface area (Å²) in [4.78, 5) is 0. The lowest BCUT2D eigenvalue weighted by Gasteiger charge is -2.17. The van der Waals surface area contributed by atoms with Gasteiger partial charge in [-0.05, 0) is 49.4 Å². The van der Waals surface area contributed by atoms with E-state index < -0.39 is 6.10 Å². The lowest BCUT2D eigenvalue weighted by Crippen LogP contribution is -2.36. The molecule has 4 nitrogen and oxygen atoms in total. The molecule has 1 aliphatic carbocycles. The Morgan fingerprint density at radius 3 is 2.55 bits per heavy atom. The summed E-state index contributed by atoms with van der Waals surface area (Å²) >= 11 is 0. The first-order chi connectivity index (χ1) is 9.67. The molecule has 2 N–H and O–H groups in total. The monoisotopic (exact) mass is 279 g/mol. The average molecular weight is 279 g/mol. The highest BCUT2D eigenvalue weighted by Gasteiger charge is 2.21. The number of benzene rings is 1. The summed E-state index contributed by atoms with van der Waals surface area (Å²) in [5.74, 6) is 2.36. The molecule has 0 aromatic heterocycles. The number of aliphatic hydroxyl groups excluding tert-OH is 1. The van der Waals surface area contributed by atoms with E-state index in [2.05, 4.69) is 12.2 Å². The van der Waals surface area contributed by atoms with E-state index in [9.17, 15) is 5.11 Å². The molecule has 0 aliphatic heterocycles. The molecule has 20 heavy (non-hydrogen) atoms. The van der Waals surface area contributed by atoms with E-state index in [1.54, 1.807) is 7.11 Å². The maximum atomic E-state index is 9.93. The van der Waals surface area contributed by atoms with Crippen LogP contribution in [-0.4, -0.2) is 37.5 Å². The largest absolute Gasteiger partial charge is 0.497 e. The number of ether oxygens (including phenoxy) is 2. The number of hydrogen-bond donors (Lipinski definition) is 2. The van der Waals surface area contributed by atoms with Gasteiger partial charge in [0.25, 0.3) is 0 Å². The quantitative estimate of drug-likeness (QED) is 0.803. The molecular weight excluding hydrogens is 254 g/mol. The Bertz CT molecular complexity index is 393. The summed E-state index contributed by atoms with van der Waals surface area (Å²) in [5, 5.41) is 13.3. The third kappa shape index (κ3) is 4.69. The van der Waals surface area contributed by atoms with E-state index >= 15 is 0 Å². The van der Waals surface area contributed by atoms with Crippen molar-refractivity contribution >= 4 is 0 Å². The second-order valence-corrected chi connectivity index (χ2v) is 5.66. The van der Waals surface area contributed by atoms with E-state index in [-0.39, 0.29) is 0 Å². The molecule has 0 bridgehead atoms. The van der Waals surface area contributed by atoms with Gasteiger partial charge in [-0.25, -0.2) is 0 Å². The molecule has 1 saturated carbocycles. The standard InChI is InChI=1S/C16H25NO3/c1-12-3-4-13(9-12)17-10-14(18)11-20-16-7-5-15(19-2)6-8-16/h5-8,12-14,17-18H,3-4,9-11H2,1-2H3. The number of nitrogens with one attached hydrogen (secondary N) is 1. The molecule has 1 aromatic carbocycles. The Labute approximate surface area is 121 Å². The first-order valence-electron chi connectivity index (χ1n) is 7.35. The molecule has 1 fully saturated rings. The van der Waals surface area contributed by atoms with Crippen molar-refractivity contribution in [2.45, 2.75) is 38.3 Å². The van der Waals surface area contributed by atoms with Crippen molar-refractivity contribution in [3.8, 4) is 11.5 Å². The zero-order valence-corrected chi connectivity index (χ0v) is 12.3. The van der Waals surface area contributed by atoms with Gasteiger partial charge in [-0.2, -0.15) is 0 Å². The van der Waals surface area contributed by atoms with Gasteiger partial charge in [-0.15, -0.1) is 0 Å². The minimum absolute atomic E-state index is 0.307. The number of aliphatic hydroxyl groups is 1. The minimum atomic E-state index is -0.479. The molecule has 112 valence electrons. The maximum absolute atomic E-state index is 9.93. The summed E-state index contributed by atoms with van der Waals surface area (Å²) in [7, 11) is 1.63. The highest BCUT2D eigenvalue weighted by molar-refractivity contribution is 5.31. The van der Waals surface area contributed by atoms with Crippen molar-refractivity contribution in [3.05, 3.63) is 24.3 Å². The summed E-state index contributed by atoms with van der Waals surface area (Å²) in [6.07, 6.45) is 3.24. The Morgan fingerprint density at radius 2 is 1.95 bits per heavy atom. The van der Waals surface area contributed by atoms with Crippen LogP contribution in [0.3, 0.4) is 0 Å². The zero-order chi connectivity index (χ0) is 14.4. The van der Waals surface area contributed by atoms with Crippen molar-refractivity contribution in [1.29, 1.82) is 0 Å². The van der Waals surface area contributed by atoms with Gasteiger partial charge in [0.2, 0.25) is 0 Å². The first-order valence-corrected chi connectivity index (χ1v) is 7.35. The van der Waals surface area contributed by atoms with Gasteiger partial charge in [0.1, 0.15) is 24.2 Å². The van der Waals surface area contributed by atoms with Crippen LogP contribution in [0.4, 0.5) is 0 Å². The normalized spacial score (nSPS) is 23.6. The summed E-state index contributed by atoms with van der Waals surface area (Å²) in [5.41, 5.74) is 0. The minimum Gasteiger partial charge on any atom is -0.497 e. The van der Waals surface area contributed by atoms with E-state index in [0.29, 0.717) is 19.2 Å². The van der Waals surface area contributed by atoms with Crippen LogP contribution in [0, 0.1) is 5.92 Å². The predicted octanol–water partition coefficient (Wildman–Crippen LogP) is 2.21. The third-order valence-corrected chi connectivity index (χ3v) is 3.84. The predicted molar refractivity (Wildman–Crippen MR) is 79.3 cm³/mol. The third-order valence-electron chi connectivity index (χ3n) is 3.84. The Balaban J connectivity index is 1.65. The summed E-state index contributed by atoms with van der Waals surface area (Å²) < 4.78 is 10.6. The molecule has 4 heteroatoms. The summed E-state index contributed by atoms with van der Waals surface area (Å²) in [6, 6.07) is 7.94. The fourth-order valence-electron chi connectivity index (χ4n) is 2.62. The highest BCUT2D eigenvalue weighted by Crippen LogP contribution is 2.24. The zero-order valence-electron chi connectivity index (χ0n) is 12.3. The van der Waals surface area contributed by atoms with E-state index in [4.69, 9.17) is 9.47 Å². The number of rotatable bonds is 7. The Kier molecular flexibility index (Phi) is 5.68. The van der Waals surface area contributed by atoms with Crippen molar-refractivity contribution < 1.29 is 14.6 Å². The van der Waals surface area contributed by atoms with Crippen molar-refractivity contribution in [1.82, 2.24) is 5.32 Å². The maximum Gasteiger partial charge on any atom is 0.119 e. The molecule has 3 atom stereocenters. The molecule has 3 unspecified atom stereocenters. The number of hydrogen-bond acceptors (Lipinski definition) is 4. The molecule has 0 saturated heterocycles. The van der Waals surface area contributed by atoms with E-state index in [1.807, 2.05) is 24.3 Å². The molecule has 0 spiro atoms. The van der Waals surface area contributed by atoms with Crippen LogP contribution in [-0.2, 0) is 0 Å². The van der Waals surface area contributed by atoms with Gasteiger partial charge in [-0.3, -0.25) is 0 Å². The van der Waals surface area contributed by atoms with Gasteiger partial charge < -0.3 is 19.9 Å². The van der Waals surface area contributed by atoms with Gasteiger partial charge in [0.05, 0.1) is 7.11 Å². The fourth-order valence-corrected chi connectivity index (χ4v) is 2.62. The average Bonchev–Trinajstić information content (AvgIpc) is 2.89. The van der Waals surface area contributed by atoms with Crippen molar-refractivity contribution in [3.63, 3.8) is 0 Å². The molecule has 2 rings (SSSR count). The Hall–Kier alpha value is -1.26. The van der Waals surface area contributed by atoms with E-state index in [1.165, 1.54) is 19.3 Å². The van der Waals surface area contributed by atoms with Gasteiger partial charge in [0, 0.05) is 12.6 Å². The van der Waals surface area contributed by atoms with Crippen molar-refractivity contribution in [2.24, 2.45) is 5.92 Å². The fraction of sp³-hybridized carbons (Fsp3) is 0.625. The molecule has 1 aromatic rings. The van der Waals surface area contributed by atoms with Gasteiger partial charge >= 0.3 is 0 Å². The summed E-state index contributed by atoms with van der Waals surface area (Å²) in [6.45, 7) is 3.18. The molecule has 0 heterocycles. The highest BCUT2D eigenvalue weighted by atomic mass is 16.5. The molecule has 1 aliphatic rings. The van der Waals surface area contributed by atoms with Crippen LogP contribution in [0.2, 0.25) is 0 Å². The Morgan fingerprint density at radius 1 is 1.25 bits per heavy atom. The topological polar surface area (TPSA) is 50.7 Å². The van der Waals surface area contributed by atoms with Crippen LogP contribution in [0.15, 0.2) is 24.3 Å². The number of methoxy groups -OCH3 is 1. The molecule has 0 amide bonds. The second-order valence-electron chi connectivity index (χ2n) is 5.66. The van der Waals surface area contributed by atoms with E-state index in [0.717, 1.165) is 17.4 Å². The molecule has 0 radical (unpaired) electrons. The van der Waals surface area contributed by atoms with Gasteiger partial charge in [-0.1, -0.05) is 6.92 Å². The van der Waals surface area contributed by atoms with Gasteiger partial charge in [0.15, 0.2) is 0 Å². The van der Waals surface area contributed by atoms with Crippen LogP contribution in [0.25, 0.3) is 0 Å². The first kappa shape index (κ1) is 15.1. The van der Waals surface area contributed by atoms with Crippen LogP contribution < -0.4 is 14.8 Å². The van der Waals surface area contributed by atoms with Crippen LogP contribution in [0.1, 0.15) is 26.2 Å². The van der Waals surface area contributed by atoms with Crippen LogP contribution in [0.5, 0.6) is 11.5 Å². The lowest BCUT2D eigenvalue weighted by molar-refractivity contribution is 0.103. The SMILES string of the molecule is COc1ccc(OCC(O)CNC2CCC(C)C2)cc1. The lowest BCUT2D eigenvalue weighted by atomic mass is 10.1.